The molecule has 0 radical (unpaired) electrons. The fraction of sp³-hybridized carbons (Fsp3) is 0.278. The number of hydrogen-bond donors (Lipinski definition) is 1. The first-order valence-corrected chi connectivity index (χ1v) is 17.4. The van der Waals surface area contributed by atoms with Crippen molar-refractivity contribution in [2.45, 2.75) is 57.5 Å². The molecule has 4 aromatic carbocycles. The number of rotatable bonds is 14. The molecule has 7 nitrogen and oxygen atoms in total. The maximum Gasteiger partial charge on any atom is 0.264 e. The minimum atomic E-state index is -4.19. The van der Waals surface area contributed by atoms with Crippen molar-refractivity contribution in [3.8, 4) is 0 Å². The average molecular weight is 681 g/mol. The van der Waals surface area contributed by atoms with Crippen LogP contribution in [-0.4, -0.2) is 44.3 Å². The first-order chi connectivity index (χ1) is 22.0. The molecule has 46 heavy (non-hydrogen) atoms. The molecule has 1 atom stereocenters. The summed E-state index contributed by atoms with van der Waals surface area (Å²) in [5.41, 5.74) is 3.40. The number of unbranched alkanes of at least 4 members (excludes halogenated alkanes) is 1. The highest BCUT2D eigenvalue weighted by molar-refractivity contribution is 7.92. The van der Waals surface area contributed by atoms with E-state index in [4.69, 9.17) is 23.2 Å². The number of hydrogen-bond acceptors (Lipinski definition) is 4. The third-order valence-corrected chi connectivity index (χ3v) is 10.3. The molecule has 0 aliphatic heterocycles. The molecular weight excluding hydrogens is 641 g/mol. The van der Waals surface area contributed by atoms with Crippen LogP contribution in [0.5, 0.6) is 0 Å². The fourth-order valence-electron chi connectivity index (χ4n) is 5.13. The van der Waals surface area contributed by atoms with Gasteiger partial charge in [-0.25, -0.2) is 8.42 Å². The molecule has 0 saturated carbocycles. The standard InChI is InChI=1S/C36H39Cl2N3O4S/c1-4-5-21-39-36(43)34(22-28-14-8-6-9-15-28)40(24-29-19-20-30(37)23-32(29)38)35(42)25-41(33-18-12-13-26(2)27(33)3)46(44,45)31-16-10-7-11-17-31/h6-20,23,34H,4-5,21-22,24-25H2,1-3H3,(H,39,43)/t34-/m0/s1. The lowest BCUT2D eigenvalue weighted by atomic mass is 10.0. The number of amides is 2. The number of nitrogens with one attached hydrogen (secondary N) is 1. The third kappa shape index (κ3) is 8.69. The second kappa shape index (κ2) is 16.1. The summed E-state index contributed by atoms with van der Waals surface area (Å²) in [6.45, 7) is 5.61. The molecule has 0 aliphatic rings. The van der Waals surface area contributed by atoms with Crippen molar-refractivity contribution in [3.05, 3.63) is 129 Å². The van der Waals surface area contributed by atoms with Crippen LogP contribution in [0.2, 0.25) is 10.0 Å². The summed E-state index contributed by atoms with van der Waals surface area (Å²) < 4.78 is 29.6. The van der Waals surface area contributed by atoms with Crippen molar-refractivity contribution in [1.82, 2.24) is 10.2 Å². The van der Waals surface area contributed by atoms with E-state index in [1.165, 1.54) is 17.0 Å². The Hall–Kier alpha value is -3.85. The molecule has 242 valence electrons. The number of halogens is 2. The van der Waals surface area contributed by atoms with E-state index in [-0.39, 0.29) is 23.8 Å². The van der Waals surface area contributed by atoms with E-state index in [0.717, 1.165) is 33.8 Å². The van der Waals surface area contributed by atoms with Gasteiger partial charge in [-0.2, -0.15) is 0 Å². The Labute approximate surface area is 282 Å². The molecule has 0 spiro atoms. The number of anilines is 1. The van der Waals surface area contributed by atoms with E-state index < -0.39 is 28.5 Å². The summed E-state index contributed by atoms with van der Waals surface area (Å²) in [4.78, 5) is 30.0. The van der Waals surface area contributed by atoms with Gasteiger partial charge in [0, 0.05) is 29.6 Å². The summed E-state index contributed by atoms with van der Waals surface area (Å²) in [6.07, 6.45) is 1.87. The maximum atomic E-state index is 14.6. The number of carbonyl (C=O) groups excluding carboxylic acids is 2. The molecule has 0 bridgehead atoms. The summed E-state index contributed by atoms with van der Waals surface area (Å²) in [5.74, 6) is -0.891. The average Bonchev–Trinajstić information content (AvgIpc) is 3.04. The summed E-state index contributed by atoms with van der Waals surface area (Å²) >= 11 is 12.8. The Morgan fingerprint density at radius 3 is 2.20 bits per heavy atom. The van der Waals surface area contributed by atoms with Gasteiger partial charge in [0.15, 0.2) is 0 Å². The molecule has 0 fully saturated rings. The first kappa shape index (κ1) is 35.0. The first-order valence-electron chi connectivity index (χ1n) is 15.2. The predicted octanol–water partition coefficient (Wildman–Crippen LogP) is 7.36. The van der Waals surface area contributed by atoms with E-state index in [9.17, 15) is 18.0 Å². The molecule has 2 amide bonds. The van der Waals surface area contributed by atoms with Crippen LogP contribution in [0.25, 0.3) is 0 Å². The molecule has 0 heterocycles. The smallest absolute Gasteiger partial charge is 0.264 e. The van der Waals surface area contributed by atoms with E-state index in [2.05, 4.69) is 5.32 Å². The van der Waals surface area contributed by atoms with E-state index in [0.29, 0.717) is 27.8 Å². The minimum absolute atomic E-state index is 0.0421. The van der Waals surface area contributed by atoms with Gasteiger partial charge in [0.1, 0.15) is 12.6 Å². The largest absolute Gasteiger partial charge is 0.354 e. The van der Waals surface area contributed by atoms with Gasteiger partial charge in [0.2, 0.25) is 11.8 Å². The lowest BCUT2D eigenvalue weighted by molar-refractivity contribution is -0.140. The molecule has 1 N–H and O–H groups in total. The quantitative estimate of drug-likeness (QED) is 0.141. The Bertz CT molecular complexity index is 1750. The number of benzene rings is 4. The zero-order chi connectivity index (χ0) is 33.3. The maximum absolute atomic E-state index is 14.6. The molecule has 0 unspecified atom stereocenters. The molecule has 10 heteroatoms. The number of nitrogens with zero attached hydrogens (tertiary/aromatic N) is 2. The fourth-order valence-corrected chi connectivity index (χ4v) is 7.09. The van der Waals surface area contributed by atoms with Crippen molar-refractivity contribution in [2.24, 2.45) is 0 Å². The SMILES string of the molecule is CCCCNC(=O)[C@H](Cc1ccccc1)N(Cc1ccc(Cl)cc1Cl)C(=O)CN(c1cccc(C)c1C)S(=O)(=O)c1ccccc1. The Morgan fingerprint density at radius 2 is 1.54 bits per heavy atom. The van der Waals surface area contributed by atoms with Crippen LogP contribution in [0, 0.1) is 13.8 Å². The summed E-state index contributed by atoms with van der Waals surface area (Å²) in [6, 6.07) is 26.8. The zero-order valence-electron chi connectivity index (χ0n) is 26.2. The van der Waals surface area contributed by atoms with Gasteiger partial charge < -0.3 is 10.2 Å². The van der Waals surface area contributed by atoms with Crippen LogP contribution >= 0.6 is 23.2 Å². The zero-order valence-corrected chi connectivity index (χ0v) is 28.6. The number of carbonyl (C=O) groups is 2. The lowest BCUT2D eigenvalue weighted by Gasteiger charge is -2.34. The topological polar surface area (TPSA) is 86.8 Å². The normalized spacial score (nSPS) is 11.9. The van der Waals surface area contributed by atoms with E-state index >= 15 is 0 Å². The van der Waals surface area contributed by atoms with Crippen LogP contribution in [0.15, 0.2) is 102 Å². The summed E-state index contributed by atoms with van der Waals surface area (Å²) in [5, 5.41) is 3.75. The second-order valence-electron chi connectivity index (χ2n) is 11.2. The van der Waals surface area contributed by atoms with E-state index in [1.807, 2.05) is 57.2 Å². The highest BCUT2D eigenvalue weighted by atomic mass is 35.5. The van der Waals surface area contributed by atoms with Crippen LogP contribution in [-0.2, 0) is 32.6 Å². The van der Waals surface area contributed by atoms with E-state index in [1.54, 1.807) is 48.5 Å². The van der Waals surface area contributed by atoms with Crippen LogP contribution in [0.3, 0.4) is 0 Å². The lowest BCUT2D eigenvalue weighted by Crippen LogP contribution is -2.53. The third-order valence-electron chi connectivity index (χ3n) is 7.91. The van der Waals surface area contributed by atoms with Gasteiger partial charge in [-0.1, -0.05) is 103 Å². The highest BCUT2D eigenvalue weighted by Gasteiger charge is 2.35. The van der Waals surface area contributed by atoms with Crippen molar-refractivity contribution in [3.63, 3.8) is 0 Å². The highest BCUT2D eigenvalue weighted by Crippen LogP contribution is 2.30. The Morgan fingerprint density at radius 1 is 0.870 bits per heavy atom. The number of sulfonamides is 1. The molecular formula is C36H39Cl2N3O4S. The molecule has 0 aromatic heterocycles. The molecule has 0 aliphatic carbocycles. The van der Waals surface area contributed by atoms with Gasteiger partial charge >= 0.3 is 0 Å². The van der Waals surface area contributed by atoms with Gasteiger partial charge in [-0.3, -0.25) is 13.9 Å². The Kier molecular flexibility index (Phi) is 12.3. The predicted molar refractivity (Wildman–Crippen MR) is 186 cm³/mol. The van der Waals surface area contributed by atoms with Gasteiger partial charge in [-0.15, -0.1) is 0 Å². The molecule has 4 aromatic rings. The van der Waals surface area contributed by atoms with Crippen LogP contribution < -0.4 is 9.62 Å². The second-order valence-corrected chi connectivity index (χ2v) is 13.9. The minimum Gasteiger partial charge on any atom is -0.354 e. The Balaban J connectivity index is 1.83. The van der Waals surface area contributed by atoms with Crippen LogP contribution in [0.4, 0.5) is 5.69 Å². The van der Waals surface area contributed by atoms with Gasteiger partial charge in [0.25, 0.3) is 10.0 Å². The monoisotopic (exact) mass is 679 g/mol. The van der Waals surface area contributed by atoms with Gasteiger partial charge in [-0.05, 0) is 72.9 Å². The van der Waals surface area contributed by atoms with Gasteiger partial charge in [0.05, 0.1) is 10.6 Å². The van der Waals surface area contributed by atoms with Crippen molar-refractivity contribution in [2.75, 3.05) is 17.4 Å². The van der Waals surface area contributed by atoms with Crippen molar-refractivity contribution >= 4 is 50.7 Å². The van der Waals surface area contributed by atoms with Crippen molar-refractivity contribution in [1.29, 1.82) is 0 Å². The summed E-state index contributed by atoms with van der Waals surface area (Å²) in [7, 11) is -4.19. The van der Waals surface area contributed by atoms with Crippen LogP contribution in [0.1, 0.15) is 42.0 Å². The molecule has 0 saturated heterocycles. The van der Waals surface area contributed by atoms with Crippen molar-refractivity contribution < 1.29 is 18.0 Å². The number of aryl methyl sites for hydroxylation is 1. The molecule has 4 rings (SSSR count).